The first-order valence-corrected chi connectivity index (χ1v) is 1.17. The molecule has 0 unspecified atom stereocenters. The second-order valence-corrected chi connectivity index (χ2v) is 0.261. The van der Waals surface area contributed by atoms with Crippen molar-refractivity contribution in [1.82, 2.24) is 6.15 Å². The van der Waals surface area contributed by atoms with Gasteiger partial charge in [-0.25, -0.2) is 0 Å². The van der Waals surface area contributed by atoms with E-state index in [4.69, 9.17) is 8.50 Å². The second kappa shape index (κ2) is 20.8. The van der Waals surface area contributed by atoms with Gasteiger partial charge in [-0.2, -0.15) is 0 Å². The molecule has 0 fully saturated rings. The molecular formula is H6CoNNiO2+3. The molecule has 0 saturated carbocycles. The van der Waals surface area contributed by atoms with Gasteiger partial charge in [-0.3, -0.25) is 0 Å². The first kappa shape index (κ1) is 16.9. The van der Waals surface area contributed by atoms with Gasteiger partial charge in [-0.15, -0.1) is 0 Å². The standard InChI is InChI=1S/Co.H3N.Ni.2H2O/h;1H3;;2*1H2/q+2;;+2;;/p-1. The Morgan fingerprint density at radius 3 is 1.20 bits per heavy atom. The van der Waals surface area contributed by atoms with Gasteiger partial charge < -0.3 is 6.15 Å². The average Bonchev–Trinajstić information content (AvgIpc) is 0.918. The maximum atomic E-state index is 7.06. The fraction of sp³-hybridized carbons (Fsp3) is 0. The van der Waals surface area contributed by atoms with E-state index >= 15 is 0 Å². The summed E-state index contributed by atoms with van der Waals surface area (Å²) in [7, 11) is 0. The van der Waals surface area contributed by atoms with Crippen molar-refractivity contribution in [2.45, 2.75) is 0 Å². The molecular weight excluding hydrogens is 164 g/mol. The van der Waals surface area contributed by atoms with Crippen molar-refractivity contribution in [2.24, 2.45) is 0 Å². The summed E-state index contributed by atoms with van der Waals surface area (Å²) in [6, 6.07) is 0. The molecule has 3 nitrogen and oxygen atoms in total. The topological polar surface area (TPSA) is 77.0 Å². The van der Waals surface area contributed by atoms with E-state index in [9.17, 15) is 0 Å². The molecule has 0 aromatic heterocycles. The first-order valence-electron chi connectivity index (χ1n) is 0.283. The minimum atomic E-state index is -0.375. The zero-order valence-corrected chi connectivity index (χ0v) is 4.57. The normalized spacial score (nSPS) is 4.40. The predicted octanol–water partition coefficient (Wildman–Crippen LogP) is -0.743. The van der Waals surface area contributed by atoms with Gasteiger partial charge in [-0.1, -0.05) is 0 Å². The Morgan fingerprint density at radius 1 is 1.20 bits per heavy atom. The molecule has 1 radical (unpaired) electrons. The van der Waals surface area contributed by atoms with E-state index in [1.165, 1.54) is 0 Å². The van der Waals surface area contributed by atoms with Gasteiger partial charge in [-0.05, 0) is 0 Å². The van der Waals surface area contributed by atoms with E-state index in [1.54, 1.807) is 0 Å². The van der Waals surface area contributed by atoms with Crippen LogP contribution < -0.4 is 6.15 Å². The number of quaternary nitrogens is 1. The summed E-state index contributed by atoms with van der Waals surface area (Å²) in [4.78, 5) is 0. The summed E-state index contributed by atoms with van der Waals surface area (Å²) < 4.78 is 14.1. The molecule has 0 aromatic carbocycles. The van der Waals surface area contributed by atoms with Crippen LogP contribution in [0.15, 0.2) is 0 Å². The molecule has 0 aliphatic heterocycles. The van der Waals surface area contributed by atoms with E-state index in [0.29, 0.717) is 0 Å². The molecule has 0 aliphatic rings. The Labute approximate surface area is 47.0 Å². The maximum absolute atomic E-state index is 7.06. The fourth-order valence-corrected chi connectivity index (χ4v) is 0. The Balaban J connectivity index is -0.0000000200. The Hall–Kier alpha value is 0.880. The van der Waals surface area contributed by atoms with Gasteiger partial charge in [0, 0.05) is 0 Å². The van der Waals surface area contributed by atoms with Gasteiger partial charge in [0.25, 0.3) is 0 Å². The molecule has 0 bridgehead atoms. The van der Waals surface area contributed by atoms with E-state index in [1.807, 2.05) is 0 Å². The molecule has 0 saturated heterocycles. The molecule has 6 N–H and O–H groups in total. The van der Waals surface area contributed by atoms with Crippen molar-refractivity contribution in [3.8, 4) is 0 Å². The third-order valence-corrected chi connectivity index (χ3v) is 0. The summed E-state index contributed by atoms with van der Waals surface area (Å²) in [6.45, 7) is 0. The van der Waals surface area contributed by atoms with E-state index < -0.39 is 0 Å². The monoisotopic (exact) mass is 169 g/mol. The van der Waals surface area contributed by atoms with Crippen LogP contribution in [0, 0.1) is 0 Å². The van der Waals surface area contributed by atoms with Gasteiger partial charge in [0.15, 0.2) is 0 Å². The third-order valence-electron chi connectivity index (χ3n) is 0. The van der Waals surface area contributed by atoms with Gasteiger partial charge >= 0.3 is 40.4 Å². The summed E-state index contributed by atoms with van der Waals surface area (Å²) in [6.07, 6.45) is 0. The zero-order valence-electron chi connectivity index (χ0n) is 2.54. The molecule has 0 atom stereocenters. The van der Waals surface area contributed by atoms with Crippen molar-refractivity contribution in [3.63, 3.8) is 0 Å². The summed E-state index contributed by atoms with van der Waals surface area (Å²) in [5.41, 5.74) is 0. The van der Waals surface area contributed by atoms with Gasteiger partial charge in [0.05, 0.1) is 0 Å². The minimum absolute atomic E-state index is 0. The zero-order chi connectivity index (χ0) is 2.71. The molecule has 0 aliphatic carbocycles. The van der Waals surface area contributed by atoms with Crippen LogP contribution in [0.5, 0.6) is 0 Å². The molecule has 5 heteroatoms. The van der Waals surface area contributed by atoms with Crippen LogP contribution in [-0.2, 0) is 31.9 Å². The van der Waals surface area contributed by atoms with Crippen LogP contribution >= 0.6 is 0 Å². The summed E-state index contributed by atoms with van der Waals surface area (Å²) >= 11 is -0.375. The molecule has 0 spiro atoms. The van der Waals surface area contributed by atoms with Crippen molar-refractivity contribution in [1.29, 1.82) is 0 Å². The van der Waals surface area contributed by atoms with E-state index in [0.717, 1.165) is 0 Å². The number of hydrogen-bond donors (Lipinski definition) is 3. The molecule has 0 heterocycles. The molecule has 0 rings (SSSR count). The van der Waals surface area contributed by atoms with Gasteiger partial charge in [0.2, 0.25) is 0 Å². The van der Waals surface area contributed by atoms with Crippen molar-refractivity contribution >= 4 is 0 Å². The average molecular weight is 170 g/mol. The van der Waals surface area contributed by atoms with Crippen LogP contribution in [0.3, 0.4) is 0 Å². The van der Waals surface area contributed by atoms with Crippen LogP contribution in [0.25, 0.3) is 0 Å². The summed E-state index contributed by atoms with van der Waals surface area (Å²) in [5, 5.41) is 0. The molecule has 0 amide bonds. The molecule has 0 aromatic rings. The van der Waals surface area contributed by atoms with Crippen molar-refractivity contribution < 1.29 is 40.4 Å². The Morgan fingerprint density at radius 2 is 1.20 bits per heavy atom. The van der Waals surface area contributed by atoms with Crippen LogP contribution in [-0.4, -0.2) is 8.50 Å². The van der Waals surface area contributed by atoms with Crippen LogP contribution in [0.2, 0.25) is 0 Å². The number of hydrogen-bond acceptors (Lipinski definition) is 2. The molecule has 39 valence electrons. The van der Waals surface area contributed by atoms with Crippen molar-refractivity contribution in [3.05, 3.63) is 0 Å². The second-order valence-electron chi connectivity index (χ2n) is 0.0632. The van der Waals surface area contributed by atoms with E-state index in [2.05, 4.69) is 0 Å². The molecule has 5 heavy (non-hydrogen) atoms. The van der Waals surface area contributed by atoms with Crippen LogP contribution in [0.4, 0.5) is 0 Å². The third kappa shape index (κ3) is 52.3. The van der Waals surface area contributed by atoms with E-state index in [-0.39, 0.29) is 38.0 Å². The fourth-order valence-electron chi connectivity index (χ4n) is 0. The number of rotatable bonds is 0. The Kier molecular flexibility index (Phi) is 70.2. The van der Waals surface area contributed by atoms with Crippen LogP contribution in [0.1, 0.15) is 0 Å². The van der Waals surface area contributed by atoms with Gasteiger partial charge in [0.1, 0.15) is 0 Å². The SMILES string of the molecule is [Co+2].[NH4+].[OH][Ni][OH]. The first-order chi connectivity index (χ1) is 1.41. The van der Waals surface area contributed by atoms with Crippen molar-refractivity contribution in [2.75, 3.05) is 0 Å². The Bertz CT molecular complexity index is 9.61. The quantitative estimate of drug-likeness (QED) is 0.418. The summed E-state index contributed by atoms with van der Waals surface area (Å²) in [5.74, 6) is 0. The predicted molar refractivity (Wildman–Crippen MR) is 10.4 cm³/mol.